The lowest BCUT2D eigenvalue weighted by Crippen LogP contribution is -2.32. The minimum absolute atomic E-state index is 0.336. The summed E-state index contributed by atoms with van der Waals surface area (Å²) in [6, 6.07) is 2.01. The maximum absolute atomic E-state index is 13.5. The molecule has 0 atom stereocenters. The van der Waals surface area contributed by atoms with E-state index in [9.17, 15) is 36.2 Å². The molecule has 0 aromatic heterocycles. The molecule has 168 valence electrons. The maximum atomic E-state index is 13.5. The number of allylic oxidation sites excluding steroid dienone is 2. The van der Waals surface area contributed by atoms with Crippen LogP contribution in [0.25, 0.3) is 0 Å². The third-order valence-corrected chi connectivity index (χ3v) is 5.84. The summed E-state index contributed by atoms with van der Waals surface area (Å²) in [6.07, 6.45) is -10.1. The molecule has 0 radical (unpaired) electrons. The third kappa shape index (κ3) is 6.43. The van der Waals surface area contributed by atoms with E-state index < -0.39 is 52.3 Å². The molecule has 15 heteroatoms. The van der Waals surface area contributed by atoms with Crippen molar-refractivity contribution in [2.45, 2.75) is 26.2 Å². The summed E-state index contributed by atoms with van der Waals surface area (Å²) < 4.78 is 101. The highest BCUT2D eigenvalue weighted by molar-refractivity contribution is 7.59. The van der Waals surface area contributed by atoms with Crippen LogP contribution in [0.1, 0.15) is 19.4 Å². The fraction of sp³-hybridized carbons (Fsp3) is 0.400. The highest BCUT2D eigenvalue weighted by atomic mass is 35.5. The number of anilines is 1. The van der Waals surface area contributed by atoms with Crippen LogP contribution in [0.5, 0.6) is 0 Å². The molecule has 0 aliphatic rings. The molecule has 1 rings (SSSR count). The number of halogens is 8. The number of alkyl halides is 6. The molecule has 0 fully saturated rings. The highest BCUT2D eigenvalue weighted by Gasteiger charge is 2.44. The van der Waals surface area contributed by atoms with Crippen LogP contribution < -0.4 is 10.9 Å². The second-order valence-corrected chi connectivity index (χ2v) is 8.00. The Hall–Kier alpha value is -1.64. The Balaban J connectivity index is 3.46. The van der Waals surface area contributed by atoms with E-state index in [1.165, 1.54) is 13.8 Å². The van der Waals surface area contributed by atoms with Crippen molar-refractivity contribution in [3.8, 4) is 6.07 Å². The molecule has 0 amide bonds. The van der Waals surface area contributed by atoms with Gasteiger partial charge in [0.15, 0.2) is 11.0 Å². The van der Waals surface area contributed by atoms with Gasteiger partial charge >= 0.3 is 19.9 Å². The van der Waals surface area contributed by atoms with Crippen LogP contribution in [-0.2, 0) is 19.8 Å². The van der Waals surface area contributed by atoms with Crippen molar-refractivity contribution in [2.24, 2.45) is 0 Å². The molecular formula is C15H14Cl2F6N3O3P. The highest BCUT2D eigenvalue weighted by Crippen LogP contribution is 2.58. The van der Waals surface area contributed by atoms with E-state index in [0.29, 0.717) is 12.1 Å². The van der Waals surface area contributed by atoms with Gasteiger partial charge in [-0.25, -0.2) is 0 Å². The van der Waals surface area contributed by atoms with Gasteiger partial charge in [-0.15, -0.1) is 0 Å². The lowest BCUT2D eigenvalue weighted by molar-refractivity contribution is -0.137. The molecule has 0 unspecified atom stereocenters. The Morgan fingerprint density at radius 1 is 1.10 bits per heavy atom. The predicted octanol–water partition coefficient (Wildman–Crippen LogP) is 6.49. The first-order valence-electron chi connectivity index (χ1n) is 7.90. The van der Waals surface area contributed by atoms with Gasteiger partial charge in [-0.1, -0.05) is 23.2 Å². The average molecular weight is 500 g/mol. The standard InChI is InChI=1S/C15H14Cl2F6N3O3P/c1-3-28-30(27,29-4-2)11(7-24)13(15(21,22)23)26-25-12-9(16)5-8(6-10(12)17)14(18,19)20/h5-6,25-26H,3-4H2,1-2H3/b13-11-. The first kappa shape index (κ1) is 26.4. The van der Waals surface area contributed by atoms with Crippen LogP contribution in [-0.4, -0.2) is 19.4 Å². The van der Waals surface area contributed by atoms with E-state index in [4.69, 9.17) is 32.2 Å². The van der Waals surface area contributed by atoms with E-state index in [2.05, 4.69) is 0 Å². The normalized spacial score (nSPS) is 13.5. The number of benzene rings is 1. The lowest BCUT2D eigenvalue weighted by Gasteiger charge is -2.22. The molecule has 0 spiro atoms. The van der Waals surface area contributed by atoms with Crippen molar-refractivity contribution in [1.29, 1.82) is 5.26 Å². The number of nitrogens with zero attached hydrogens (tertiary/aromatic N) is 1. The van der Waals surface area contributed by atoms with Crippen LogP contribution in [0.3, 0.4) is 0 Å². The first-order valence-corrected chi connectivity index (χ1v) is 10.2. The summed E-state index contributed by atoms with van der Waals surface area (Å²) in [5, 5.41) is 6.47. The molecule has 0 aliphatic carbocycles. The van der Waals surface area contributed by atoms with Gasteiger partial charge in [0.1, 0.15) is 6.07 Å². The minimum Gasteiger partial charge on any atom is -0.305 e. The molecule has 0 aliphatic heterocycles. The van der Waals surface area contributed by atoms with Crippen molar-refractivity contribution >= 4 is 36.5 Å². The van der Waals surface area contributed by atoms with Crippen LogP contribution >= 0.6 is 30.8 Å². The van der Waals surface area contributed by atoms with E-state index in [0.717, 1.165) is 6.07 Å². The van der Waals surface area contributed by atoms with Crippen LogP contribution in [0.15, 0.2) is 23.1 Å². The fourth-order valence-electron chi connectivity index (χ4n) is 2.01. The molecule has 0 heterocycles. The summed E-state index contributed by atoms with van der Waals surface area (Å²) in [5.41, 5.74) is -0.155. The Morgan fingerprint density at radius 2 is 1.57 bits per heavy atom. The average Bonchev–Trinajstić information content (AvgIpc) is 2.58. The van der Waals surface area contributed by atoms with Crippen LogP contribution in [0.4, 0.5) is 32.0 Å². The predicted molar refractivity (Wildman–Crippen MR) is 97.8 cm³/mol. The number of rotatable bonds is 8. The molecule has 1 aromatic carbocycles. The summed E-state index contributed by atoms with van der Waals surface area (Å²) in [6.45, 7) is 1.97. The van der Waals surface area contributed by atoms with Gasteiger partial charge in [0.25, 0.3) is 0 Å². The SMILES string of the molecule is CCOP(=O)(OCC)/C(C#N)=C(\NNc1c(Cl)cc(C(F)(F)F)cc1Cl)C(F)(F)F. The van der Waals surface area contributed by atoms with Crippen molar-refractivity contribution < 1.29 is 40.0 Å². The van der Waals surface area contributed by atoms with E-state index >= 15 is 0 Å². The first-order chi connectivity index (χ1) is 13.7. The number of hydrogen-bond donors (Lipinski definition) is 2. The molecular weight excluding hydrogens is 486 g/mol. The van der Waals surface area contributed by atoms with Crippen molar-refractivity contribution in [3.63, 3.8) is 0 Å². The maximum Gasteiger partial charge on any atom is 0.434 e. The zero-order valence-corrected chi connectivity index (χ0v) is 17.6. The van der Waals surface area contributed by atoms with Gasteiger partial charge < -0.3 is 9.05 Å². The van der Waals surface area contributed by atoms with Gasteiger partial charge in [0.2, 0.25) is 0 Å². The Labute approximate surface area is 177 Å². The number of hydrazine groups is 1. The summed E-state index contributed by atoms with van der Waals surface area (Å²) in [5.74, 6) is 0. The smallest absolute Gasteiger partial charge is 0.305 e. The van der Waals surface area contributed by atoms with Gasteiger partial charge in [-0.2, -0.15) is 31.6 Å². The largest absolute Gasteiger partial charge is 0.434 e. The van der Waals surface area contributed by atoms with E-state index in [1.54, 1.807) is 5.43 Å². The molecule has 0 saturated carbocycles. The Morgan fingerprint density at radius 3 is 1.90 bits per heavy atom. The summed E-state index contributed by atoms with van der Waals surface area (Å²) in [4.78, 5) is 0. The van der Waals surface area contributed by atoms with Crippen molar-refractivity contribution in [3.05, 3.63) is 38.8 Å². The Kier molecular flexibility index (Phi) is 8.90. The van der Waals surface area contributed by atoms with Crippen molar-refractivity contribution in [2.75, 3.05) is 18.6 Å². The van der Waals surface area contributed by atoms with Crippen LogP contribution in [0, 0.1) is 11.3 Å². The fourth-order valence-corrected chi connectivity index (χ4v) is 4.18. The summed E-state index contributed by atoms with van der Waals surface area (Å²) >= 11 is 11.4. The van der Waals surface area contributed by atoms with Gasteiger partial charge in [-0.3, -0.25) is 15.4 Å². The molecule has 0 saturated heterocycles. The van der Waals surface area contributed by atoms with E-state index in [-0.39, 0.29) is 13.2 Å². The monoisotopic (exact) mass is 499 g/mol. The topological polar surface area (TPSA) is 83.4 Å². The van der Waals surface area contributed by atoms with Crippen molar-refractivity contribution in [1.82, 2.24) is 5.43 Å². The molecule has 0 bridgehead atoms. The van der Waals surface area contributed by atoms with Crippen LogP contribution in [0.2, 0.25) is 10.0 Å². The zero-order valence-electron chi connectivity index (χ0n) is 15.2. The van der Waals surface area contributed by atoms with E-state index in [1.807, 2.05) is 5.43 Å². The van der Waals surface area contributed by atoms with Gasteiger partial charge in [0.05, 0.1) is 34.5 Å². The summed E-state index contributed by atoms with van der Waals surface area (Å²) in [7, 11) is -4.68. The number of nitrogens with one attached hydrogen (secondary N) is 2. The zero-order chi connectivity index (χ0) is 23.3. The molecule has 2 N–H and O–H groups in total. The molecule has 30 heavy (non-hydrogen) atoms. The quantitative estimate of drug-likeness (QED) is 0.184. The van der Waals surface area contributed by atoms with Gasteiger partial charge in [0, 0.05) is 0 Å². The lowest BCUT2D eigenvalue weighted by atomic mass is 10.2. The molecule has 6 nitrogen and oxygen atoms in total. The second kappa shape index (κ2) is 10.1. The second-order valence-electron chi connectivity index (χ2n) is 5.23. The number of hydrogen-bond acceptors (Lipinski definition) is 6. The third-order valence-electron chi connectivity index (χ3n) is 3.18. The minimum atomic E-state index is -5.27. The Bertz CT molecular complexity index is 866. The van der Waals surface area contributed by atoms with Gasteiger partial charge in [-0.05, 0) is 26.0 Å². The number of nitriles is 1. The molecule has 1 aromatic rings.